The van der Waals surface area contributed by atoms with Crippen LogP contribution in [0.25, 0.3) is 0 Å². The molecule has 1 fully saturated rings. The Morgan fingerprint density at radius 2 is 1.76 bits per heavy atom. The molecule has 7 heteroatoms. The van der Waals surface area contributed by atoms with Crippen LogP contribution in [0, 0.1) is 11.8 Å². The quantitative estimate of drug-likeness (QED) is 0.875. The molecular formula is C18H25N3O4. The van der Waals surface area contributed by atoms with Gasteiger partial charge in [0.1, 0.15) is 5.60 Å². The van der Waals surface area contributed by atoms with Gasteiger partial charge in [0.25, 0.3) is 5.91 Å². The smallest absolute Gasteiger partial charge is 0.412 e. The minimum atomic E-state index is -0.580. The number of anilines is 1. The summed E-state index contributed by atoms with van der Waals surface area (Å²) in [4.78, 5) is 37.3. The van der Waals surface area contributed by atoms with Crippen molar-refractivity contribution in [1.29, 1.82) is 0 Å². The zero-order chi connectivity index (χ0) is 18.8. The van der Waals surface area contributed by atoms with Crippen LogP contribution >= 0.6 is 0 Å². The zero-order valence-corrected chi connectivity index (χ0v) is 15.0. The number of benzene rings is 1. The van der Waals surface area contributed by atoms with Crippen LogP contribution in [0.3, 0.4) is 0 Å². The predicted molar refractivity (Wildman–Crippen MR) is 94.1 cm³/mol. The molecular weight excluding hydrogens is 322 g/mol. The molecule has 1 heterocycles. The average Bonchev–Trinajstić information content (AvgIpc) is 2.87. The van der Waals surface area contributed by atoms with E-state index in [1.54, 1.807) is 49.9 Å². The first-order valence-electron chi connectivity index (χ1n) is 8.25. The van der Waals surface area contributed by atoms with Gasteiger partial charge in [-0.25, -0.2) is 4.79 Å². The first-order valence-corrected chi connectivity index (χ1v) is 8.25. The number of likely N-dealkylation sites (tertiary alicyclic amines) is 1. The Kier molecular flexibility index (Phi) is 5.35. The van der Waals surface area contributed by atoms with E-state index in [0.717, 1.165) is 0 Å². The molecule has 0 spiro atoms. The van der Waals surface area contributed by atoms with Crippen LogP contribution in [0.5, 0.6) is 0 Å². The number of primary amides is 1. The molecule has 3 amide bonds. The fourth-order valence-electron chi connectivity index (χ4n) is 2.80. The number of carbonyl (C=O) groups excluding carboxylic acids is 3. The van der Waals surface area contributed by atoms with Crippen molar-refractivity contribution in [2.75, 3.05) is 18.4 Å². The van der Waals surface area contributed by atoms with Gasteiger partial charge in [-0.2, -0.15) is 0 Å². The normalized spacial score (nSPS) is 20.2. The van der Waals surface area contributed by atoms with Crippen molar-refractivity contribution in [1.82, 2.24) is 4.90 Å². The molecule has 0 bridgehead atoms. The molecule has 7 nitrogen and oxygen atoms in total. The topological polar surface area (TPSA) is 102 Å². The van der Waals surface area contributed by atoms with Gasteiger partial charge < -0.3 is 15.4 Å². The summed E-state index contributed by atoms with van der Waals surface area (Å²) in [5.41, 5.74) is 5.82. The van der Waals surface area contributed by atoms with Crippen LogP contribution in [0.2, 0.25) is 0 Å². The number of nitrogens with zero attached hydrogens (tertiary/aromatic N) is 1. The fraction of sp³-hybridized carbons (Fsp3) is 0.500. The first-order chi connectivity index (χ1) is 11.6. The van der Waals surface area contributed by atoms with Crippen molar-refractivity contribution < 1.29 is 19.1 Å². The molecule has 0 aromatic heterocycles. The van der Waals surface area contributed by atoms with E-state index in [-0.39, 0.29) is 23.7 Å². The standard InChI is InChI=1S/C18H25N3O4/c1-11-9-21(10-14(11)15(19)22)16(23)12-5-7-13(8-6-12)20-17(24)25-18(2,3)4/h5-8,11,14H,9-10H2,1-4H3,(H2,19,22)(H,20,24)/t11-,14-/m1/s1. The van der Waals surface area contributed by atoms with Crippen LogP contribution in [-0.4, -0.2) is 41.5 Å². The van der Waals surface area contributed by atoms with Crippen LogP contribution in [0.4, 0.5) is 10.5 Å². The third kappa shape index (κ3) is 4.95. The summed E-state index contributed by atoms with van der Waals surface area (Å²) in [7, 11) is 0. The second-order valence-corrected chi connectivity index (χ2v) is 7.40. The number of hydrogen-bond donors (Lipinski definition) is 2. The highest BCUT2D eigenvalue weighted by Crippen LogP contribution is 2.24. The largest absolute Gasteiger partial charge is 0.444 e. The highest BCUT2D eigenvalue weighted by molar-refractivity contribution is 5.96. The summed E-state index contributed by atoms with van der Waals surface area (Å²) in [5.74, 6) is -0.786. The molecule has 1 aliphatic heterocycles. The van der Waals surface area contributed by atoms with Gasteiger partial charge in [0.2, 0.25) is 5.91 Å². The maximum atomic E-state index is 12.5. The van der Waals surface area contributed by atoms with Crippen molar-refractivity contribution in [3.63, 3.8) is 0 Å². The number of rotatable bonds is 3. The summed E-state index contributed by atoms with van der Waals surface area (Å²) < 4.78 is 5.18. The third-order valence-corrected chi connectivity index (χ3v) is 4.04. The first kappa shape index (κ1) is 18.8. The third-order valence-electron chi connectivity index (χ3n) is 4.04. The van der Waals surface area contributed by atoms with Gasteiger partial charge in [0, 0.05) is 24.3 Å². The lowest BCUT2D eigenvalue weighted by Crippen LogP contribution is -2.32. The molecule has 1 aliphatic rings. The second-order valence-electron chi connectivity index (χ2n) is 7.40. The van der Waals surface area contributed by atoms with Crippen LogP contribution in [0.15, 0.2) is 24.3 Å². The summed E-state index contributed by atoms with van der Waals surface area (Å²) in [6.45, 7) is 8.11. The lowest BCUT2D eigenvalue weighted by atomic mass is 9.98. The average molecular weight is 347 g/mol. The molecule has 25 heavy (non-hydrogen) atoms. The van der Waals surface area contributed by atoms with Crippen LogP contribution in [0.1, 0.15) is 38.1 Å². The summed E-state index contributed by atoms with van der Waals surface area (Å²) in [5, 5.41) is 2.62. The lowest BCUT2D eigenvalue weighted by Gasteiger charge is -2.20. The summed E-state index contributed by atoms with van der Waals surface area (Å²) >= 11 is 0. The molecule has 136 valence electrons. The molecule has 3 N–H and O–H groups in total. The minimum Gasteiger partial charge on any atom is -0.444 e. The highest BCUT2D eigenvalue weighted by atomic mass is 16.6. The summed E-state index contributed by atoms with van der Waals surface area (Å²) in [6.07, 6.45) is -0.552. The van der Waals surface area contributed by atoms with Gasteiger partial charge in [-0.3, -0.25) is 14.9 Å². The van der Waals surface area contributed by atoms with Gasteiger partial charge in [-0.1, -0.05) is 6.92 Å². The molecule has 2 atom stereocenters. The number of amides is 3. The summed E-state index contributed by atoms with van der Waals surface area (Å²) in [6, 6.07) is 6.55. The van der Waals surface area contributed by atoms with Crippen molar-refractivity contribution in [3.05, 3.63) is 29.8 Å². The molecule has 0 radical (unpaired) electrons. The Morgan fingerprint density at radius 3 is 2.24 bits per heavy atom. The van der Waals surface area contributed by atoms with Crippen LogP contribution < -0.4 is 11.1 Å². The lowest BCUT2D eigenvalue weighted by molar-refractivity contribution is -0.122. The number of hydrogen-bond acceptors (Lipinski definition) is 4. The Hall–Kier alpha value is -2.57. The number of nitrogens with two attached hydrogens (primary N) is 1. The molecule has 0 unspecified atom stereocenters. The Bertz CT molecular complexity index is 664. The van der Waals surface area contributed by atoms with E-state index in [9.17, 15) is 14.4 Å². The molecule has 1 aromatic rings. The predicted octanol–water partition coefficient (Wildman–Crippen LogP) is 2.23. The van der Waals surface area contributed by atoms with Gasteiger partial charge in [-0.15, -0.1) is 0 Å². The van der Waals surface area contributed by atoms with E-state index in [2.05, 4.69) is 5.32 Å². The Morgan fingerprint density at radius 1 is 1.16 bits per heavy atom. The highest BCUT2D eigenvalue weighted by Gasteiger charge is 2.36. The van der Waals surface area contributed by atoms with Crippen molar-refractivity contribution in [3.8, 4) is 0 Å². The van der Waals surface area contributed by atoms with E-state index in [1.807, 2.05) is 6.92 Å². The fourth-order valence-corrected chi connectivity index (χ4v) is 2.80. The number of carbonyl (C=O) groups is 3. The van der Waals surface area contributed by atoms with Crippen LogP contribution in [-0.2, 0) is 9.53 Å². The monoisotopic (exact) mass is 347 g/mol. The second kappa shape index (κ2) is 7.13. The molecule has 2 rings (SSSR count). The minimum absolute atomic E-state index is 0.0505. The maximum Gasteiger partial charge on any atom is 0.412 e. The molecule has 1 aromatic carbocycles. The zero-order valence-electron chi connectivity index (χ0n) is 15.0. The van der Waals surface area contributed by atoms with E-state index >= 15 is 0 Å². The van der Waals surface area contributed by atoms with Crippen molar-refractivity contribution in [2.45, 2.75) is 33.3 Å². The SMILES string of the molecule is C[C@@H]1CN(C(=O)c2ccc(NC(=O)OC(C)(C)C)cc2)C[C@H]1C(N)=O. The Labute approximate surface area is 147 Å². The van der Waals surface area contributed by atoms with Gasteiger partial charge in [0.15, 0.2) is 0 Å². The van der Waals surface area contributed by atoms with Gasteiger partial charge in [-0.05, 0) is 51.0 Å². The molecule has 0 aliphatic carbocycles. The number of ether oxygens (including phenoxy) is 1. The molecule has 0 saturated carbocycles. The van der Waals surface area contributed by atoms with E-state index in [4.69, 9.17) is 10.5 Å². The van der Waals surface area contributed by atoms with Gasteiger partial charge >= 0.3 is 6.09 Å². The maximum absolute atomic E-state index is 12.5. The van der Waals surface area contributed by atoms with Crippen molar-refractivity contribution in [2.24, 2.45) is 17.6 Å². The van der Waals surface area contributed by atoms with E-state index in [1.165, 1.54) is 0 Å². The Balaban J connectivity index is 1.99. The van der Waals surface area contributed by atoms with E-state index < -0.39 is 11.7 Å². The van der Waals surface area contributed by atoms with Gasteiger partial charge in [0.05, 0.1) is 5.92 Å². The van der Waals surface area contributed by atoms with E-state index in [0.29, 0.717) is 24.3 Å². The number of nitrogens with one attached hydrogen (secondary N) is 1. The van der Waals surface area contributed by atoms with Crippen molar-refractivity contribution >= 4 is 23.6 Å². The molecule has 1 saturated heterocycles.